The van der Waals surface area contributed by atoms with Crippen LogP contribution in [-0.4, -0.2) is 48.3 Å². The summed E-state index contributed by atoms with van der Waals surface area (Å²) in [5.41, 5.74) is 3.09. The lowest BCUT2D eigenvalue weighted by Gasteiger charge is -2.29. The number of benzene rings is 1. The second-order valence-electron chi connectivity index (χ2n) is 9.89. The van der Waals surface area contributed by atoms with Crippen molar-refractivity contribution in [3.63, 3.8) is 0 Å². The summed E-state index contributed by atoms with van der Waals surface area (Å²) in [4.78, 5) is 11.8. The molecule has 33 heavy (non-hydrogen) atoms. The van der Waals surface area contributed by atoms with Crippen molar-refractivity contribution < 1.29 is 19.0 Å². The Morgan fingerprint density at radius 2 is 1.79 bits per heavy atom. The van der Waals surface area contributed by atoms with E-state index in [1.165, 1.54) is 11.3 Å². The molecule has 182 valence electrons. The van der Waals surface area contributed by atoms with Gasteiger partial charge >= 0.3 is 5.97 Å². The Morgan fingerprint density at radius 3 is 2.42 bits per heavy atom. The van der Waals surface area contributed by atoms with E-state index >= 15 is 0 Å². The molecule has 3 rings (SSSR count). The smallest absolute Gasteiger partial charge is 0.332 e. The first-order valence-electron chi connectivity index (χ1n) is 11.9. The third-order valence-corrected chi connectivity index (χ3v) is 6.57. The monoisotopic (exact) mass is 520 g/mol. The van der Waals surface area contributed by atoms with Gasteiger partial charge in [0.1, 0.15) is 16.8 Å². The van der Waals surface area contributed by atoms with Gasteiger partial charge in [0.05, 0.1) is 13.2 Å². The zero-order chi connectivity index (χ0) is 23.8. The van der Waals surface area contributed by atoms with Crippen molar-refractivity contribution in [1.82, 2.24) is 9.78 Å². The molecular weight excluding hydrogens is 484 g/mol. The zero-order valence-corrected chi connectivity index (χ0v) is 21.9. The van der Waals surface area contributed by atoms with Crippen molar-refractivity contribution in [3.8, 4) is 11.1 Å². The lowest BCUT2D eigenvalue weighted by atomic mass is 9.82. The van der Waals surface area contributed by atoms with Gasteiger partial charge in [-0.2, -0.15) is 5.10 Å². The molecule has 0 atom stereocenters. The number of halogens is 1. The summed E-state index contributed by atoms with van der Waals surface area (Å²) in [6, 6.07) is 10.4. The Bertz CT molecular complexity index is 884. The lowest BCUT2D eigenvalue weighted by molar-refractivity contribution is -0.160. The van der Waals surface area contributed by atoms with Crippen LogP contribution in [0.5, 0.6) is 0 Å². The molecule has 6 nitrogen and oxygen atoms in total. The summed E-state index contributed by atoms with van der Waals surface area (Å²) in [5, 5.41) is 4.85. The highest BCUT2D eigenvalue weighted by molar-refractivity contribution is 9.10. The van der Waals surface area contributed by atoms with Gasteiger partial charge in [-0.3, -0.25) is 4.68 Å². The first-order valence-corrected chi connectivity index (χ1v) is 12.6. The van der Waals surface area contributed by atoms with Crippen LogP contribution in [0.4, 0.5) is 0 Å². The predicted molar refractivity (Wildman–Crippen MR) is 133 cm³/mol. The van der Waals surface area contributed by atoms with Gasteiger partial charge in [-0.15, -0.1) is 0 Å². The van der Waals surface area contributed by atoms with E-state index in [1.54, 1.807) is 7.11 Å². The average Bonchev–Trinajstić information content (AvgIpc) is 3.07. The Hall–Kier alpha value is -1.70. The van der Waals surface area contributed by atoms with Crippen molar-refractivity contribution in [2.45, 2.75) is 65.0 Å². The minimum Gasteiger partial charge on any atom is -0.458 e. The maximum atomic E-state index is 11.8. The topological polar surface area (TPSA) is 62.6 Å². The fourth-order valence-corrected chi connectivity index (χ4v) is 5.11. The van der Waals surface area contributed by atoms with Crippen molar-refractivity contribution in [2.24, 2.45) is 11.8 Å². The van der Waals surface area contributed by atoms with Crippen LogP contribution >= 0.6 is 15.9 Å². The number of carbonyl (C=O) groups is 1. The summed E-state index contributed by atoms with van der Waals surface area (Å²) in [6.45, 7) is 7.84. The van der Waals surface area contributed by atoms with Crippen LogP contribution in [0.25, 0.3) is 11.1 Å². The Balaban J connectivity index is 1.54. The number of hydrogen-bond donors (Lipinski definition) is 0. The van der Waals surface area contributed by atoms with E-state index in [4.69, 9.17) is 19.3 Å². The Labute approximate surface area is 206 Å². The maximum absolute atomic E-state index is 11.8. The Kier molecular flexibility index (Phi) is 9.53. The number of methoxy groups -OCH3 is 1. The molecule has 1 saturated carbocycles. The largest absolute Gasteiger partial charge is 0.458 e. The minimum absolute atomic E-state index is 0.0314. The fourth-order valence-electron chi connectivity index (χ4n) is 4.46. The van der Waals surface area contributed by atoms with Crippen LogP contribution in [0.3, 0.4) is 0 Å². The van der Waals surface area contributed by atoms with E-state index in [-0.39, 0.29) is 12.6 Å². The quantitative estimate of drug-likeness (QED) is 0.378. The van der Waals surface area contributed by atoms with Crippen LogP contribution in [-0.2, 0) is 32.0 Å². The second kappa shape index (κ2) is 12.1. The molecule has 0 spiro atoms. The minimum atomic E-state index is -0.470. The zero-order valence-electron chi connectivity index (χ0n) is 20.3. The van der Waals surface area contributed by atoms with Crippen molar-refractivity contribution in [2.75, 3.05) is 26.9 Å². The fraction of sp³-hybridized carbons (Fsp3) is 0.615. The highest BCUT2D eigenvalue weighted by Gasteiger charge is 2.25. The highest BCUT2D eigenvalue weighted by atomic mass is 79.9. The average molecular weight is 521 g/mol. The maximum Gasteiger partial charge on any atom is 0.332 e. The first kappa shape index (κ1) is 25.9. The number of carbonyl (C=O) groups excluding carboxylic acids is 1. The van der Waals surface area contributed by atoms with Crippen LogP contribution in [0, 0.1) is 11.8 Å². The summed E-state index contributed by atoms with van der Waals surface area (Å²) >= 11 is 3.70. The molecule has 1 heterocycles. The van der Waals surface area contributed by atoms with E-state index < -0.39 is 5.60 Å². The van der Waals surface area contributed by atoms with Gasteiger partial charge < -0.3 is 14.2 Å². The SMILES string of the molecule is COCCc1c(-c2ccccc2)c(Br)nn1C[C@H]1CC[C@H](COCC(=O)OC(C)(C)C)CC1. The van der Waals surface area contributed by atoms with E-state index in [9.17, 15) is 4.79 Å². The lowest BCUT2D eigenvalue weighted by Crippen LogP contribution is -2.28. The number of rotatable bonds is 10. The van der Waals surface area contributed by atoms with Gasteiger partial charge in [0, 0.05) is 31.3 Å². The molecule has 0 radical (unpaired) electrons. The van der Waals surface area contributed by atoms with Crippen LogP contribution < -0.4 is 0 Å². The molecular formula is C26H37BrN2O4. The van der Waals surface area contributed by atoms with Gasteiger partial charge in [0.2, 0.25) is 0 Å². The molecule has 0 N–H and O–H groups in total. The van der Waals surface area contributed by atoms with E-state index in [1.807, 2.05) is 26.8 Å². The van der Waals surface area contributed by atoms with Crippen LogP contribution in [0.15, 0.2) is 34.9 Å². The molecule has 0 unspecified atom stereocenters. The van der Waals surface area contributed by atoms with Crippen molar-refractivity contribution in [3.05, 3.63) is 40.6 Å². The van der Waals surface area contributed by atoms with Gasteiger partial charge in [-0.05, 0) is 79.8 Å². The third kappa shape index (κ3) is 7.94. The summed E-state index contributed by atoms with van der Waals surface area (Å²) in [6.07, 6.45) is 5.33. The molecule has 0 saturated heterocycles. The molecule has 7 heteroatoms. The van der Waals surface area contributed by atoms with E-state index in [0.29, 0.717) is 25.0 Å². The van der Waals surface area contributed by atoms with E-state index in [2.05, 4.69) is 44.9 Å². The standard InChI is InChI=1S/C26H37BrN2O4/c1-26(2,3)33-23(30)18-32-17-20-12-10-19(11-13-20)16-29-22(14-15-31-4)24(25(27)28-29)21-8-6-5-7-9-21/h5-9,19-20H,10-18H2,1-4H3/t19-,20-. The first-order chi connectivity index (χ1) is 15.8. The Morgan fingerprint density at radius 1 is 1.12 bits per heavy atom. The summed E-state index contributed by atoms with van der Waals surface area (Å²) in [7, 11) is 1.74. The van der Waals surface area contributed by atoms with Crippen LogP contribution in [0.1, 0.15) is 52.1 Å². The number of hydrogen-bond acceptors (Lipinski definition) is 5. The molecule has 1 fully saturated rings. The van der Waals surface area contributed by atoms with Crippen molar-refractivity contribution >= 4 is 21.9 Å². The molecule has 2 aromatic rings. The molecule has 0 bridgehead atoms. The third-order valence-electron chi connectivity index (χ3n) is 6.01. The van der Waals surface area contributed by atoms with Gasteiger partial charge in [-0.25, -0.2) is 4.79 Å². The molecule has 1 aliphatic carbocycles. The number of aromatic nitrogens is 2. The van der Waals surface area contributed by atoms with Gasteiger partial charge in [-0.1, -0.05) is 30.3 Å². The molecule has 1 aromatic heterocycles. The molecule has 0 aliphatic heterocycles. The molecule has 0 amide bonds. The normalized spacial score (nSPS) is 18.9. The van der Waals surface area contributed by atoms with Gasteiger partial charge in [0.15, 0.2) is 0 Å². The summed E-state index contributed by atoms with van der Waals surface area (Å²) in [5.74, 6) is 0.794. The van der Waals surface area contributed by atoms with Gasteiger partial charge in [0.25, 0.3) is 0 Å². The van der Waals surface area contributed by atoms with Crippen molar-refractivity contribution in [1.29, 1.82) is 0 Å². The van der Waals surface area contributed by atoms with E-state index in [0.717, 1.165) is 48.8 Å². The molecule has 1 aromatic carbocycles. The van der Waals surface area contributed by atoms with Crippen LogP contribution in [0.2, 0.25) is 0 Å². The number of nitrogens with zero attached hydrogens (tertiary/aromatic N) is 2. The number of esters is 1. The highest BCUT2D eigenvalue weighted by Crippen LogP contribution is 2.35. The summed E-state index contributed by atoms with van der Waals surface area (Å²) < 4.78 is 19.4. The molecule has 1 aliphatic rings. The second-order valence-corrected chi connectivity index (χ2v) is 10.6. The predicted octanol–water partition coefficient (Wildman–Crippen LogP) is 5.67. The number of ether oxygens (including phenoxy) is 3.